The monoisotopic (exact) mass is 680 g/mol. The Morgan fingerprint density at radius 2 is 1.67 bits per heavy atom. The highest BCUT2D eigenvalue weighted by atomic mass is 28.4. The second-order valence-corrected chi connectivity index (χ2v) is 17.6. The maximum absolute atomic E-state index is 16.4. The third-order valence-corrected chi connectivity index (χ3v) is 12.6. The molecule has 0 radical (unpaired) electrons. The van der Waals surface area contributed by atoms with E-state index in [0.717, 1.165) is 16.7 Å². The Kier molecular flexibility index (Phi) is 8.81. The molecule has 1 N–H and O–H groups in total. The molecule has 0 bridgehead atoms. The Morgan fingerprint density at radius 1 is 0.980 bits per heavy atom. The van der Waals surface area contributed by atoms with Crippen molar-refractivity contribution >= 4 is 31.6 Å². The molecule has 3 aliphatic rings. The Morgan fingerprint density at radius 3 is 2.41 bits per heavy atom. The number of aliphatic hydroxyl groups is 1. The Bertz CT molecular complexity index is 1900. The number of hydrogen-bond donors (Lipinski definition) is 1. The van der Waals surface area contributed by atoms with Crippen molar-refractivity contribution in [3.05, 3.63) is 113 Å². The molecule has 3 heterocycles. The number of benzene rings is 4. The fourth-order valence-electron chi connectivity index (χ4n) is 7.67. The minimum atomic E-state index is -3.49. The first-order valence-electron chi connectivity index (χ1n) is 16.8. The first kappa shape index (κ1) is 33.0. The lowest BCUT2D eigenvalue weighted by molar-refractivity contribution is -0.136. The van der Waals surface area contributed by atoms with Gasteiger partial charge in [-0.25, -0.2) is 0 Å². The highest BCUT2D eigenvalue weighted by Crippen LogP contribution is 2.50. The molecule has 4 aromatic carbocycles. The molecule has 5 atom stereocenters. The summed E-state index contributed by atoms with van der Waals surface area (Å²) in [5, 5.41) is 10.2. The molecule has 8 nitrogen and oxygen atoms in total. The zero-order chi connectivity index (χ0) is 34.4. The molecule has 49 heavy (non-hydrogen) atoms. The summed E-state index contributed by atoms with van der Waals surface area (Å²) in [4.78, 5) is 31.4. The summed E-state index contributed by atoms with van der Waals surface area (Å²) in [6.45, 7) is 5.43. The number of halogens is 1. The summed E-state index contributed by atoms with van der Waals surface area (Å²) >= 11 is 0. The Labute approximate surface area is 287 Å². The van der Waals surface area contributed by atoms with Gasteiger partial charge in [-0.2, -0.15) is 0 Å². The van der Waals surface area contributed by atoms with Gasteiger partial charge in [0.05, 0.1) is 35.7 Å². The van der Waals surface area contributed by atoms with Gasteiger partial charge in [0, 0.05) is 37.1 Å². The molecule has 0 spiro atoms. The number of ether oxygens (including phenoxy) is 3. The van der Waals surface area contributed by atoms with Gasteiger partial charge in [0.1, 0.15) is 17.6 Å². The summed E-state index contributed by atoms with van der Waals surface area (Å²) in [6, 6.07) is 27.7. The number of rotatable bonds is 7. The Balaban J connectivity index is 1.21. The number of methoxy groups -OCH3 is 1. The second kappa shape index (κ2) is 13.1. The van der Waals surface area contributed by atoms with Crippen molar-refractivity contribution in [3.8, 4) is 17.2 Å². The van der Waals surface area contributed by atoms with Gasteiger partial charge in [-0.1, -0.05) is 55.5 Å². The molecule has 0 fully saturated rings. The van der Waals surface area contributed by atoms with Crippen LogP contribution in [0.25, 0.3) is 0 Å². The predicted octanol–water partition coefficient (Wildman–Crippen LogP) is 7.74. The molecular weight excluding hydrogens is 640 g/mol. The van der Waals surface area contributed by atoms with Gasteiger partial charge in [0.15, 0.2) is 5.75 Å². The van der Waals surface area contributed by atoms with Crippen LogP contribution in [0.5, 0.6) is 17.2 Å². The van der Waals surface area contributed by atoms with E-state index in [1.807, 2.05) is 79.7 Å². The first-order valence-corrected chi connectivity index (χ1v) is 19.7. The van der Waals surface area contributed by atoms with Crippen LogP contribution in [0.1, 0.15) is 46.5 Å². The quantitative estimate of drug-likeness (QED) is 0.159. The van der Waals surface area contributed by atoms with Crippen LogP contribution in [0, 0.1) is 5.92 Å². The first-order chi connectivity index (χ1) is 23.6. The van der Waals surface area contributed by atoms with Crippen molar-refractivity contribution < 1.29 is 33.0 Å². The summed E-state index contributed by atoms with van der Waals surface area (Å²) in [5.41, 5.74) is 3.88. The molecule has 2 amide bonds. The minimum absolute atomic E-state index is 0.0360. The van der Waals surface area contributed by atoms with E-state index in [-0.39, 0.29) is 36.8 Å². The lowest BCUT2D eigenvalue weighted by atomic mass is 9.86. The van der Waals surface area contributed by atoms with Crippen molar-refractivity contribution in [1.29, 1.82) is 0 Å². The highest BCUT2D eigenvalue weighted by Gasteiger charge is 2.49. The van der Waals surface area contributed by atoms with Gasteiger partial charge < -0.3 is 28.3 Å². The SMILES string of the molecule is CO[C@H]1c2cc(N3C(=O)c4ccccc4Oc4ccccc43)ccc2O[C@@H](C(CC(=O)N2Cc3ccccc3C[C@H]2CO)[Si](C)(C)F)[C@@H]1C. The van der Waals surface area contributed by atoms with Crippen LogP contribution in [-0.4, -0.2) is 56.1 Å². The number of nitrogens with zero attached hydrogens (tertiary/aromatic N) is 2. The lowest BCUT2D eigenvalue weighted by Crippen LogP contribution is -2.50. The molecule has 10 heteroatoms. The number of anilines is 2. The fraction of sp³-hybridized carbons (Fsp3) is 0.333. The maximum Gasteiger partial charge on any atom is 0.266 e. The molecule has 0 aromatic heterocycles. The van der Waals surface area contributed by atoms with Crippen molar-refractivity contribution in [1.82, 2.24) is 4.90 Å². The average molecular weight is 681 g/mol. The summed E-state index contributed by atoms with van der Waals surface area (Å²) in [6.07, 6.45) is -0.606. The van der Waals surface area contributed by atoms with Gasteiger partial charge >= 0.3 is 0 Å². The van der Waals surface area contributed by atoms with E-state index in [2.05, 4.69) is 0 Å². The van der Waals surface area contributed by atoms with Crippen LogP contribution in [0.15, 0.2) is 91.0 Å². The molecule has 254 valence electrons. The zero-order valence-corrected chi connectivity index (χ0v) is 29.1. The van der Waals surface area contributed by atoms with Crippen LogP contribution in [-0.2, 0) is 22.5 Å². The number of hydrogen-bond acceptors (Lipinski definition) is 6. The summed E-state index contributed by atoms with van der Waals surface area (Å²) in [7, 11) is -1.88. The topological polar surface area (TPSA) is 88.5 Å². The van der Waals surface area contributed by atoms with Crippen LogP contribution in [0.2, 0.25) is 18.6 Å². The van der Waals surface area contributed by atoms with Crippen molar-refractivity contribution in [2.24, 2.45) is 5.92 Å². The number of aliphatic hydroxyl groups excluding tert-OH is 1. The standard InChI is InChI=1S/C39H41FN2O6Si/c1-24-37(46-2)30-20-27(42-31-14-8-10-16-34(31)47-32-15-9-7-13-29(32)39(42)45)17-18-33(30)48-38(24)35(49(3,4)40)21-36(44)41-22-26-12-6-5-11-25(26)19-28(41)23-43/h5-18,20,24,28,35,37-38,43H,19,21-23H2,1-4H3/t24-,28+,35?,37-,38-/m1/s1. The van der Waals surface area contributed by atoms with E-state index in [0.29, 0.717) is 47.2 Å². The fourth-order valence-corrected chi connectivity index (χ4v) is 9.48. The minimum Gasteiger partial charge on any atom is -0.490 e. The number of carbonyl (C=O) groups is 2. The maximum atomic E-state index is 16.4. The smallest absolute Gasteiger partial charge is 0.266 e. The third-order valence-electron chi connectivity index (χ3n) is 10.3. The van der Waals surface area contributed by atoms with Crippen molar-refractivity contribution in [2.45, 2.75) is 63.2 Å². The molecule has 0 aliphatic carbocycles. The molecule has 0 saturated heterocycles. The van der Waals surface area contributed by atoms with E-state index >= 15 is 4.11 Å². The summed E-state index contributed by atoms with van der Waals surface area (Å²) < 4.78 is 35.3. The van der Waals surface area contributed by atoms with E-state index in [4.69, 9.17) is 14.2 Å². The molecule has 3 aliphatic heterocycles. The van der Waals surface area contributed by atoms with Crippen LogP contribution < -0.4 is 14.4 Å². The summed E-state index contributed by atoms with van der Waals surface area (Å²) in [5.74, 6) is 0.815. The largest absolute Gasteiger partial charge is 0.490 e. The number of carbonyl (C=O) groups excluding carboxylic acids is 2. The van der Waals surface area contributed by atoms with Gasteiger partial charge in [0.25, 0.3) is 5.91 Å². The van der Waals surface area contributed by atoms with E-state index in [9.17, 15) is 14.7 Å². The number of para-hydroxylation sites is 3. The van der Waals surface area contributed by atoms with E-state index < -0.39 is 26.2 Å². The highest BCUT2D eigenvalue weighted by molar-refractivity contribution is 6.72. The van der Waals surface area contributed by atoms with Gasteiger partial charge in [0.2, 0.25) is 14.3 Å². The van der Waals surface area contributed by atoms with E-state index in [1.165, 1.54) is 0 Å². The molecular formula is C39H41FN2O6Si. The zero-order valence-electron chi connectivity index (χ0n) is 28.1. The average Bonchev–Trinajstić information content (AvgIpc) is 3.22. The van der Waals surface area contributed by atoms with Crippen LogP contribution >= 0.6 is 0 Å². The number of amides is 2. The second-order valence-electron chi connectivity index (χ2n) is 13.7. The van der Waals surface area contributed by atoms with Gasteiger partial charge in [-0.3, -0.25) is 14.5 Å². The van der Waals surface area contributed by atoms with Crippen molar-refractivity contribution in [3.63, 3.8) is 0 Å². The molecule has 0 saturated carbocycles. The van der Waals surface area contributed by atoms with Gasteiger partial charge in [-0.15, -0.1) is 0 Å². The lowest BCUT2D eigenvalue weighted by Gasteiger charge is -2.44. The predicted molar refractivity (Wildman–Crippen MR) is 188 cm³/mol. The Hall–Kier alpha value is -4.51. The number of fused-ring (bicyclic) bond motifs is 4. The molecule has 7 rings (SSSR count). The normalized spacial score (nSPS) is 22.0. The van der Waals surface area contributed by atoms with Crippen molar-refractivity contribution in [2.75, 3.05) is 18.6 Å². The molecule has 4 aromatic rings. The van der Waals surface area contributed by atoms with Gasteiger partial charge in [-0.05, 0) is 73.1 Å². The van der Waals surface area contributed by atoms with Crippen LogP contribution in [0.4, 0.5) is 15.5 Å². The third kappa shape index (κ3) is 6.02. The van der Waals surface area contributed by atoms with E-state index in [1.54, 1.807) is 48.2 Å². The van der Waals surface area contributed by atoms with Crippen LogP contribution in [0.3, 0.4) is 0 Å². The molecule has 1 unspecified atom stereocenters.